The fourth-order valence-electron chi connectivity index (χ4n) is 2.53. The molecular weight excluding hydrogens is 192 g/mol. The molecule has 0 aromatic carbocycles. The Hall–Kier alpha value is -0.260. The summed E-state index contributed by atoms with van der Waals surface area (Å²) in [4.78, 5) is 11.3. The number of thiol groups is 1. The van der Waals surface area contributed by atoms with Gasteiger partial charge in [0.25, 0.3) is 0 Å². The summed E-state index contributed by atoms with van der Waals surface area (Å²) in [6.07, 6.45) is 0.466. The van der Waals surface area contributed by atoms with Crippen LogP contribution >= 0.6 is 12.6 Å². The molecule has 3 rings (SSSR count). The molecule has 0 aromatic heterocycles. The lowest BCUT2D eigenvalue weighted by atomic mass is 9.88. The van der Waals surface area contributed by atoms with Gasteiger partial charge in [-0.1, -0.05) is 0 Å². The van der Waals surface area contributed by atoms with Gasteiger partial charge in [0.15, 0.2) is 6.10 Å². The second kappa shape index (κ2) is 2.62. The molecule has 3 aliphatic rings. The molecule has 3 heterocycles. The topological polar surface area (TPSA) is 44.8 Å². The van der Waals surface area contributed by atoms with E-state index in [9.17, 15) is 4.79 Å². The highest BCUT2D eigenvalue weighted by Crippen LogP contribution is 2.47. The third-order valence-corrected chi connectivity index (χ3v) is 3.20. The van der Waals surface area contributed by atoms with Gasteiger partial charge in [-0.05, 0) is 6.42 Å². The molecule has 3 saturated heterocycles. The molecule has 0 amide bonds. The van der Waals surface area contributed by atoms with Crippen molar-refractivity contribution >= 4 is 18.6 Å². The minimum Gasteiger partial charge on any atom is -0.456 e. The Morgan fingerprint density at radius 3 is 3.15 bits per heavy atom. The second-order valence-electron chi connectivity index (χ2n) is 3.64. The predicted molar refractivity (Wildman–Crippen MR) is 45.4 cm³/mol. The number of rotatable bonds is 2. The van der Waals surface area contributed by atoms with E-state index in [1.807, 2.05) is 0 Å². The number of carbonyl (C=O) groups excluding carboxylic acids is 1. The van der Waals surface area contributed by atoms with Gasteiger partial charge in [-0.3, -0.25) is 4.79 Å². The largest absolute Gasteiger partial charge is 0.456 e. The second-order valence-corrected chi connectivity index (χ2v) is 3.90. The summed E-state index contributed by atoms with van der Waals surface area (Å²) in [6.45, 7) is 0. The van der Waals surface area contributed by atoms with Crippen LogP contribution in [0.3, 0.4) is 0 Å². The van der Waals surface area contributed by atoms with Crippen molar-refractivity contribution < 1.29 is 19.0 Å². The first-order chi connectivity index (χ1) is 6.31. The molecule has 5 heteroatoms. The maximum atomic E-state index is 11.3. The van der Waals surface area contributed by atoms with Crippen LogP contribution in [0.5, 0.6) is 0 Å². The quantitative estimate of drug-likeness (QED) is 0.388. The first-order valence-corrected chi connectivity index (χ1v) is 5.03. The van der Waals surface area contributed by atoms with Gasteiger partial charge in [0.2, 0.25) is 0 Å². The number of hydrogen-bond acceptors (Lipinski definition) is 5. The van der Waals surface area contributed by atoms with Crippen LogP contribution in [0.2, 0.25) is 0 Å². The van der Waals surface area contributed by atoms with Crippen molar-refractivity contribution in [2.24, 2.45) is 5.92 Å². The van der Waals surface area contributed by atoms with Crippen LogP contribution in [-0.4, -0.2) is 36.3 Å². The maximum Gasteiger partial charge on any atom is 0.312 e. The van der Waals surface area contributed by atoms with Crippen molar-refractivity contribution in [1.29, 1.82) is 0 Å². The zero-order chi connectivity index (χ0) is 9.00. The van der Waals surface area contributed by atoms with Gasteiger partial charge in [-0.2, -0.15) is 12.6 Å². The van der Waals surface area contributed by atoms with E-state index < -0.39 is 0 Å². The van der Waals surface area contributed by atoms with Crippen LogP contribution in [0, 0.1) is 5.92 Å². The van der Waals surface area contributed by atoms with Crippen LogP contribution in [0.1, 0.15) is 6.42 Å². The van der Waals surface area contributed by atoms with Crippen LogP contribution in [0.15, 0.2) is 0 Å². The van der Waals surface area contributed by atoms with E-state index in [-0.39, 0.29) is 36.3 Å². The Morgan fingerprint density at radius 1 is 1.54 bits per heavy atom. The smallest absolute Gasteiger partial charge is 0.312 e. The average Bonchev–Trinajstić information content (AvgIpc) is 2.69. The summed E-state index contributed by atoms with van der Waals surface area (Å²) in [7, 11) is 0. The summed E-state index contributed by atoms with van der Waals surface area (Å²) in [5.74, 6) is 0.188. The van der Waals surface area contributed by atoms with E-state index in [4.69, 9.17) is 14.2 Å². The molecule has 0 aliphatic carbocycles. The number of esters is 1. The normalized spacial score (nSPS) is 51.5. The lowest BCUT2D eigenvalue weighted by Crippen LogP contribution is -2.38. The monoisotopic (exact) mass is 202 g/mol. The maximum absolute atomic E-state index is 11.3. The van der Waals surface area contributed by atoms with Crippen LogP contribution in [-0.2, 0) is 19.0 Å². The molecule has 3 fully saturated rings. The average molecular weight is 202 g/mol. The van der Waals surface area contributed by atoms with Gasteiger partial charge < -0.3 is 14.2 Å². The molecule has 5 atom stereocenters. The fraction of sp³-hybridized carbons (Fsp3) is 0.875. The van der Waals surface area contributed by atoms with Gasteiger partial charge in [0, 0.05) is 0 Å². The van der Waals surface area contributed by atoms with E-state index in [1.54, 1.807) is 0 Å². The molecule has 5 unspecified atom stereocenters. The van der Waals surface area contributed by atoms with Gasteiger partial charge >= 0.3 is 5.97 Å². The molecule has 0 saturated carbocycles. The summed E-state index contributed by atoms with van der Waals surface area (Å²) in [6, 6.07) is 0. The van der Waals surface area contributed by atoms with Gasteiger partial charge in [0.1, 0.15) is 12.2 Å². The third-order valence-electron chi connectivity index (χ3n) is 3.05. The molecule has 72 valence electrons. The zero-order valence-corrected chi connectivity index (χ0v) is 7.78. The molecular formula is C8H10O4S. The first kappa shape index (κ1) is 8.08. The van der Waals surface area contributed by atoms with Crippen molar-refractivity contribution in [1.82, 2.24) is 0 Å². The molecule has 3 aliphatic heterocycles. The number of carbonyl (C=O) groups is 1. The zero-order valence-electron chi connectivity index (χ0n) is 6.88. The lowest BCUT2D eigenvalue weighted by Gasteiger charge is -2.21. The standard InChI is InChI=1S/C8H10O4S/c9-8-3-1-4-6(10-2-13)7(12-8)5(3)11-4/h3-7,13H,1-2H2. The molecule has 0 radical (unpaired) electrons. The summed E-state index contributed by atoms with van der Waals surface area (Å²) in [5, 5.41) is 0. The van der Waals surface area contributed by atoms with Crippen LogP contribution < -0.4 is 0 Å². The molecule has 2 bridgehead atoms. The Bertz CT molecular complexity index is 257. The van der Waals surface area contributed by atoms with E-state index >= 15 is 0 Å². The van der Waals surface area contributed by atoms with Crippen molar-refractivity contribution in [3.05, 3.63) is 0 Å². The van der Waals surface area contributed by atoms with Crippen LogP contribution in [0.25, 0.3) is 0 Å². The van der Waals surface area contributed by atoms with Gasteiger partial charge in [-0.25, -0.2) is 0 Å². The van der Waals surface area contributed by atoms with Crippen molar-refractivity contribution in [3.8, 4) is 0 Å². The van der Waals surface area contributed by atoms with E-state index in [2.05, 4.69) is 12.6 Å². The SMILES string of the molecule is O=C1OC2C(OCS)C3CC1C2O3. The van der Waals surface area contributed by atoms with E-state index in [0.717, 1.165) is 6.42 Å². The minimum atomic E-state index is -0.177. The highest BCUT2D eigenvalue weighted by atomic mass is 32.1. The van der Waals surface area contributed by atoms with Crippen molar-refractivity contribution in [2.75, 3.05) is 5.94 Å². The van der Waals surface area contributed by atoms with Crippen molar-refractivity contribution in [2.45, 2.75) is 30.8 Å². The Morgan fingerprint density at radius 2 is 2.38 bits per heavy atom. The summed E-state index contributed by atoms with van der Waals surface area (Å²) in [5.41, 5.74) is 0. The molecule has 0 aromatic rings. The predicted octanol–water partition coefficient (Wildman–Crippen LogP) is -0.0284. The van der Waals surface area contributed by atoms with E-state index in [0.29, 0.717) is 5.94 Å². The van der Waals surface area contributed by atoms with Gasteiger partial charge in [-0.15, -0.1) is 0 Å². The summed E-state index contributed by atoms with van der Waals surface area (Å²) >= 11 is 3.99. The lowest BCUT2D eigenvalue weighted by molar-refractivity contribution is -0.146. The molecule has 4 nitrogen and oxygen atoms in total. The van der Waals surface area contributed by atoms with Crippen LogP contribution in [0.4, 0.5) is 0 Å². The Labute approximate surface area is 80.9 Å². The Kier molecular flexibility index (Phi) is 1.63. The van der Waals surface area contributed by atoms with Gasteiger partial charge in [0.05, 0.1) is 18.0 Å². The highest BCUT2D eigenvalue weighted by Gasteiger charge is 2.63. The molecule has 0 N–H and O–H groups in total. The molecule has 0 spiro atoms. The Balaban J connectivity index is 1.86. The van der Waals surface area contributed by atoms with E-state index in [1.165, 1.54) is 0 Å². The number of fused-ring (bicyclic) bond motifs is 1. The summed E-state index contributed by atoms with van der Waals surface area (Å²) < 4.78 is 16.1. The van der Waals surface area contributed by atoms with Crippen molar-refractivity contribution in [3.63, 3.8) is 0 Å². The number of hydrogen-bond donors (Lipinski definition) is 1. The minimum absolute atomic E-state index is 0.0326. The highest BCUT2D eigenvalue weighted by molar-refractivity contribution is 7.80. The fourth-order valence-corrected chi connectivity index (χ4v) is 2.70. The third kappa shape index (κ3) is 0.923. The number of ether oxygens (including phenoxy) is 3. The molecule has 13 heavy (non-hydrogen) atoms. The first-order valence-electron chi connectivity index (χ1n) is 4.39.